The Morgan fingerprint density at radius 3 is 2.26 bits per heavy atom. The number of fused-ring (bicyclic) bond motifs is 1. The third-order valence-corrected chi connectivity index (χ3v) is 3.08. The fourth-order valence-corrected chi connectivity index (χ4v) is 1.96. The Bertz CT molecular complexity index is 720. The third-order valence-electron chi connectivity index (χ3n) is 3.08. The zero-order valence-corrected chi connectivity index (χ0v) is 14.2. The van der Waals surface area contributed by atoms with Crippen LogP contribution in [-0.4, -0.2) is 25.9 Å². The van der Waals surface area contributed by atoms with Crippen molar-refractivity contribution in [2.75, 3.05) is 0 Å². The van der Waals surface area contributed by atoms with Gasteiger partial charge in [0.1, 0.15) is 6.10 Å². The van der Waals surface area contributed by atoms with E-state index in [0.717, 1.165) is 29.9 Å². The SMILES string of the molecule is CC.CC.c1ccc(-c2nnc3ccc(OC4CC4)nn23)cc1. The van der Waals surface area contributed by atoms with Crippen LogP contribution in [0, 0.1) is 0 Å². The van der Waals surface area contributed by atoms with Crippen LogP contribution in [0.25, 0.3) is 17.0 Å². The molecule has 1 aliphatic carbocycles. The van der Waals surface area contributed by atoms with E-state index in [9.17, 15) is 0 Å². The number of hydrogen-bond acceptors (Lipinski definition) is 4. The Hall–Kier alpha value is -2.43. The van der Waals surface area contributed by atoms with Gasteiger partial charge in [-0.2, -0.15) is 4.52 Å². The van der Waals surface area contributed by atoms with Gasteiger partial charge < -0.3 is 4.74 Å². The molecule has 0 amide bonds. The van der Waals surface area contributed by atoms with E-state index in [1.807, 2.05) is 70.2 Å². The highest BCUT2D eigenvalue weighted by atomic mass is 16.5. The molecule has 2 aromatic heterocycles. The van der Waals surface area contributed by atoms with Crippen molar-refractivity contribution < 1.29 is 4.74 Å². The number of rotatable bonds is 3. The monoisotopic (exact) mass is 312 g/mol. The summed E-state index contributed by atoms with van der Waals surface area (Å²) in [5.41, 5.74) is 1.72. The second-order valence-electron chi connectivity index (χ2n) is 4.65. The van der Waals surface area contributed by atoms with Crippen molar-refractivity contribution in [1.29, 1.82) is 0 Å². The van der Waals surface area contributed by atoms with E-state index in [4.69, 9.17) is 4.74 Å². The molecule has 0 atom stereocenters. The lowest BCUT2D eigenvalue weighted by Gasteiger charge is -2.04. The van der Waals surface area contributed by atoms with Crippen LogP contribution in [0.4, 0.5) is 0 Å². The Labute approximate surface area is 137 Å². The van der Waals surface area contributed by atoms with Gasteiger partial charge in [-0.1, -0.05) is 58.0 Å². The van der Waals surface area contributed by atoms with Crippen LogP contribution in [0.1, 0.15) is 40.5 Å². The Kier molecular flexibility index (Phi) is 6.09. The summed E-state index contributed by atoms with van der Waals surface area (Å²) >= 11 is 0. The molecule has 0 N–H and O–H groups in total. The van der Waals surface area contributed by atoms with Gasteiger partial charge in [0, 0.05) is 11.6 Å². The van der Waals surface area contributed by atoms with Crippen molar-refractivity contribution in [3.05, 3.63) is 42.5 Å². The maximum Gasteiger partial charge on any atom is 0.232 e. The van der Waals surface area contributed by atoms with E-state index in [1.165, 1.54) is 0 Å². The fraction of sp³-hybridized carbons (Fsp3) is 0.389. The lowest BCUT2D eigenvalue weighted by Crippen LogP contribution is -2.02. The predicted molar refractivity (Wildman–Crippen MR) is 92.6 cm³/mol. The molecule has 0 saturated heterocycles. The minimum absolute atomic E-state index is 0.335. The molecule has 1 aliphatic rings. The molecule has 0 radical (unpaired) electrons. The van der Waals surface area contributed by atoms with Crippen molar-refractivity contribution in [2.45, 2.75) is 46.6 Å². The summed E-state index contributed by atoms with van der Waals surface area (Å²) in [4.78, 5) is 0. The van der Waals surface area contributed by atoms with E-state index in [2.05, 4.69) is 15.3 Å². The lowest BCUT2D eigenvalue weighted by atomic mass is 10.2. The molecule has 4 rings (SSSR count). The van der Waals surface area contributed by atoms with E-state index >= 15 is 0 Å². The molecule has 3 aromatic rings. The molecule has 0 unspecified atom stereocenters. The van der Waals surface area contributed by atoms with E-state index in [1.54, 1.807) is 4.52 Å². The Morgan fingerprint density at radius 2 is 1.61 bits per heavy atom. The summed E-state index contributed by atoms with van der Waals surface area (Å²) in [6, 6.07) is 13.6. The van der Waals surface area contributed by atoms with Crippen molar-refractivity contribution >= 4 is 5.65 Å². The molecular weight excluding hydrogens is 288 g/mol. The topological polar surface area (TPSA) is 52.3 Å². The summed E-state index contributed by atoms with van der Waals surface area (Å²) in [7, 11) is 0. The molecule has 122 valence electrons. The lowest BCUT2D eigenvalue weighted by molar-refractivity contribution is 0.286. The zero-order valence-electron chi connectivity index (χ0n) is 14.2. The van der Waals surface area contributed by atoms with E-state index in [-0.39, 0.29) is 0 Å². The molecule has 5 heteroatoms. The van der Waals surface area contributed by atoms with Gasteiger partial charge in [0.2, 0.25) is 5.88 Å². The smallest absolute Gasteiger partial charge is 0.232 e. The van der Waals surface area contributed by atoms with Crippen LogP contribution in [0.2, 0.25) is 0 Å². The predicted octanol–water partition coefficient (Wildman–Crippen LogP) is 4.38. The Morgan fingerprint density at radius 1 is 0.913 bits per heavy atom. The largest absolute Gasteiger partial charge is 0.473 e. The molecule has 5 nitrogen and oxygen atoms in total. The average molecular weight is 312 g/mol. The minimum Gasteiger partial charge on any atom is -0.473 e. The summed E-state index contributed by atoms with van der Waals surface area (Å²) in [6.07, 6.45) is 2.57. The summed E-state index contributed by atoms with van der Waals surface area (Å²) < 4.78 is 7.44. The van der Waals surface area contributed by atoms with Crippen LogP contribution >= 0.6 is 0 Å². The van der Waals surface area contributed by atoms with Crippen molar-refractivity contribution in [1.82, 2.24) is 19.8 Å². The van der Waals surface area contributed by atoms with Crippen molar-refractivity contribution in [3.8, 4) is 17.3 Å². The molecule has 2 heterocycles. The normalized spacial score (nSPS) is 12.7. The quantitative estimate of drug-likeness (QED) is 0.720. The molecule has 1 saturated carbocycles. The molecule has 23 heavy (non-hydrogen) atoms. The van der Waals surface area contributed by atoms with E-state index in [0.29, 0.717) is 12.0 Å². The van der Waals surface area contributed by atoms with Gasteiger partial charge in [0.25, 0.3) is 0 Å². The van der Waals surface area contributed by atoms with Gasteiger partial charge in [0.15, 0.2) is 11.5 Å². The standard InChI is InChI=1S/C14H12N4O.2C2H6/c1-2-4-10(5-3-1)14-16-15-12-8-9-13(17-18(12)14)19-11-6-7-11;2*1-2/h1-5,8-9,11H,6-7H2;2*1-2H3. The number of aromatic nitrogens is 4. The maximum absolute atomic E-state index is 5.71. The number of ether oxygens (including phenoxy) is 1. The van der Waals surface area contributed by atoms with Crippen LogP contribution in [0.15, 0.2) is 42.5 Å². The van der Waals surface area contributed by atoms with Crippen molar-refractivity contribution in [3.63, 3.8) is 0 Å². The highest BCUT2D eigenvalue weighted by Crippen LogP contribution is 2.26. The number of benzene rings is 1. The second-order valence-corrected chi connectivity index (χ2v) is 4.65. The Balaban J connectivity index is 0.000000448. The molecule has 0 spiro atoms. The molecule has 1 aromatic carbocycles. The fourth-order valence-electron chi connectivity index (χ4n) is 1.96. The first-order valence-corrected chi connectivity index (χ1v) is 8.35. The zero-order chi connectivity index (χ0) is 16.7. The highest BCUT2D eigenvalue weighted by Gasteiger charge is 2.24. The molecule has 1 fully saturated rings. The van der Waals surface area contributed by atoms with Gasteiger partial charge in [-0.3, -0.25) is 0 Å². The number of nitrogens with zero attached hydrogens (tertiary/aromatic N) is 4. The van der Waals surface area contributed by atoms with Gasteiger partial charge in [-0.05, 0) is 18.9 Å². The van der Waals surface area contributed by atoms with Crippen LogP contribution in [0.3, 0.4) is 0 Å². The molecular formula is C18H24N4O. The van der Waals surface area contributed by atoms with Crippen LogP contribution < -0.4 is 4.74 Å². The first-order chi connectivity index (χ1) is 11.4. The van der Waals surface area contributed by atoms with Gasteiger partial charge >= 0.3 is 0 Å². The average Bonchev–Trinajstić information content (AvgIpc) is 3.35. The molecule has 0 bridgehead atoms. The number of hydrogen-bond donors (Lipinski definition) is 0. The second kappa shape index (κ2) is 8.27. The van der Waals surface area contributed by atoms with Crippen LogP contribution in [0.5, 0.6) is 5.88 Å². The highest BCUT2D eigenvalue weighted by molar-refractivity contribution is 5.58. The summed E-state index contributed by atoms with van der Waals surface area (Å²) in [5, 5.41) is 12.8. The first kappa shape index (κ1) is 16.9. The first-order valence-electron chi connectivity index (χ1n) is 8.35. The van der Waals surface area contributed by atoms with Gasteiger partial charge in [-0.15, -0.1) is 15.3 Å². The van der Waals surface area contributed by atoms with Crippen LogP contribution in [-0.2, 0) is 0 Å². The third kappa shape index (κ3) is 4.06. The maximum atomic E-state index is 5.71. The summed E-state index contributed by atoms with van der Waals surface area (Å²) in [6.45, 7) is 8.00. The molecule has 0 aliphatic heterocycles. The summed E-state index contributed by atoms with van der Waals surface area (Å²) in [5.74, 6) is 1.36. The van der Waals surface area contributed by atoms with Crippen molar-refractivity contribution in [2.24, 2.45) is 0 Å². The van der Waals surface area contributed by atoms with Gasteiger partial charge in [-0.25, -0.2) is 0 Å². The van der Waals surface area contributed by atoms with Gasteiger partial charge in [0.05, 0.1) is 0 Å². The van der Waals surface area contributed by atoms with E-state index < -0.39 is 0 Å². The minimum atomic E-state index is 0.335.